The number of ether oxygens (including phenoxy) is 1. The van der Waals surface area contributed by atoms with Crippen LogP contribution in [0.3, 0.4) is 0 Å². The summed E-state index contributed by atoms with van der Waals surface area (Å²) in [4.78, 5) is 16.2. The molecule has 7 nitrogen and oxygen atoms in total. The molecule has 150 valence electrons. The smallest absolute Gasteiger partial charge is 0.276 e. The van der Waals surface area contributed by atoms with Crippen LogP contribution in [-0.4, -0.2) is 58.6 Å². The van der Waals surface area contributed by atoms with Crippen molar-refractivity contribution in [3.63, 3.8) is 0 Å². The van der Waals surface area contributed by atoms with Crippen LogP contribution in [0.1, 0.15) is 46.6 Å². The lowest BCUT2D eigenvalue weighted by Crippen LogP contribution is -2.48. The molecule has 3 aliphatic heterocycles. The highest BCUT2D eigenvalue weighted by atomic mass is 32.1. The van der Waals surface area contributed by atoms with Crippen molar-refractivity contribution in [2.24, 2.45) is 5.92 Å². The first-order chi connectivity index (χ1) is 13.7. The van der Waals surface area contributed by atoms with Crippen LogP contribution in [0.2, 0.25) is 0 Å². The fraction of sp³-hybridized carbons (Fsp3) is 0.650. The fourth-order valence-corrected chi connectivity index (χ4v) is 5.96. The number of thiophene rings is 1. The predicted molar refractivity (Wildman–Crippen MR) is 106 cm³/mol. The minimum Gasteiger partial charge on any atom is -0.369 e. The average molecular weight is 402 g/mol. The first kappa shape index (κ1) is 18.3. The van der Waals surface area contributed by atoms with Crippen molar-refractivity contribution in [1.29, 1.82) is 0 Å². The molecule has 0 bridgehead atoms. The van der Waals surface area contributed by atoms with E-state index in [1.54, 1.807) is 11.3 Å². The third-order valence-corrected chi connectivity index (χ3v) is 7.51. The minimum absolute atomic E-state index is 0.00918. The van der Waals surface area contributed by atoms with E-state index in [2.05, 4.69) is 27.1 Å². The van der Waals surface area contributed by atoms with Gasteiger partial charge in [0.2, 0.25) is 0 Å². The second-order valence-electron chi connectivity index (χ2n) is 8.20. The maximum absolute atomic E-state index is 12.9. The Hall–Kier alpha value is -1.77. The number of likely N-dealkylation sites (tertiary alicyclic amines) is 1. The number of amides is 1. The molecule has 0 saturated carbocycles. The minimum atomic E-state index is -0.190. The Labute approximate surface area is 169 Å². The van der Waals surface area contributed by atoms with E-state index in [0.29, 0.717) is 24.7 Å². The Morgan fingerprint density at radius 1 is 1.39 bits per heavy atom. The topological polar surface area (TPSA) is 72.3 Å². The van der Waals surface area contributed by atoms with E-state index in [9.17, 15) is 4.79 Å². The Morgan fingerprint density at radius 2 is 2.29 bits per heavy atom. The fourth-order valence-electron chi connectivity index (χ4n) is 4.79. The van der Waals surface area contributed by atoms with Crippen molar-refractivity contribution in [1.82, 2.24) is 25.2 Å². The van der Waals surface area contributed by atoms with Gasteiger partial charge in [-0.15, -0.1) is 16.4 Å². The molecule has 1 spiro atoms. The molecule has 1 N–H and O–H groups in total. The highest BCUT2D eigenvalue weighted by Gasteiger charge is 2.42. The molecular weight excluding hydrogens is 374 g/mol. The van der Waals surface area contributed by atoms with Gasteiger partial charge in [-0.1, -0.05) is 5.21 Å². The zero-order valence-electron chi connectivity index (χ0n) is 16.1. The number of nitrogens with one attached hydrogen (secondary N) is 1. The third kappa shape index (κ3) is 3.38. The summed E-state index contributed by atoms with van der Waals surface area (Å²) in [6.45, 7) is 5.13. The lowest BCUT2D eigenvalue weighted by Gasteiger charge is -2.43. The maximum atomic E-state index is 12.9. The lowest BCUT2D eigenvalue weighted by molar-refractivity contribution is -0.0906. The van der Waals surface area contributed by atoms with Crippen LogP contribution in [0.5, 0.6) is 0 Å². The average Bonchev–Trinajstić information content (AvgIpc) is 3.39. The molecule has 1 unspecified atom stereocenters. The zero-order valence-corrected chi connectivity index (χ0v) is 16.9. The van der Waals surface area contributed by atoms with Gasteiger partial charge in [0.05, 0.1) is 12.8 Å². The Morgan fingerprint density at radius 3 is 3.11 bits per heavy atom. The third-order valence-electron chi connectivity index (χ3n) is 6.37. The van der Waals surface area contributed by atoms with Crippen molar-refractivity contribution >= 4 is 17.2 Å². The Kier molecular flexibility index (Phi) is 4.94. The summed E-state index contributed by atoms with van der Waals surface area (Å²) in [5.74, 6) is 0.557. The Bertz CT molecular complexity index is 833. The summed E-state index contributed by atoms with van der Waals surface area (Å²) >= 11 is 1.80. The summed E-state index contributed by atoms with van der Waals surface area (Å²) in [6, 6.07) is 2.22. The van der Waals surface area contributed by atoms with Crippen molar-refractivity contribution < 1.29 is 9.53 Å². The van der Waals surface area contributed by atoms with E-state index in [0.717, 1.165) is 45.5 Å². The summed E-state index contributed by atoms with van der Waals surface area (Å²) in [5, 5.41) is 13.9. The standard InChI is InChI=1S/C20H27N5O2S/c26-19(17-14-25(23-22-17)13-15-2-1-7-21-12-15)24-8-5-20(6-9-24)18-16(3-10-27-20)4-11-28-18/h4,11,14-15,21H,1-3,5-10,12-13H2. The van der Waals surface area contributed by atoms with Gasteiger partial charge in [0.1, 0.15) is 5.60 Å². The molecule has 3 aliphatic rings. The van der Waals surface area contributed by atoms with Crippen molar-refractivity contribution in [3.05, 3.63) is 33.8 Å². The van der Waals surface area contributed by atoms with E-state index >= 15 is 0 Å². The van der Waals surface area contributed by atoms with E-state index in [1.807, 2.05) is 15.8 Å². The van der Waals surface area contributed by atoms with Crippen LogP contribution in [0.4, 0.5) is 0 Å². The number of rotatable bonds is 3. The molecule has 1 atom stereocenters. The molecule has 0 aliphatic carbocycles. The van der Waals surface area contributed by atoms with Gasteiger partial charge in [0.25, 0.3) is 5.91 Å². The van der Waals surface area contributed by atoms with Crippen LogP contribution < -0.4 is 5.32 Å². The van der Waals surface area contributed by atoms with Gasteiger partial charge in [-0.2, -0.15) is 0 Å². The molecular formula is C20H27N5O2S. The highest BCUT2D eigenvalue weighted by Crippen LogP contribution is 2.44. The lowest BCUT2D eigenvalue weighted by atomic mass is 9.85. The van der Waals surface area contributed by atoms with Crippen molar-refractivity contribution in [2.75, 3.05) is 32.8 Å². The number of carbonyl (C=O) groups excluding carboxylic acids is 1. The molecule has 2 aromatic heterocycles. The van der Waals surface area contributed by atoms with Gasteiger partial charge in [-0.3, -0.25) is 9.48 Å². The second kappa shape index (κ2) is 7.57. The van der Waals surface area contributed by atoms with Gasteiger partial charge >= 0.3 is 0 Å². The van der Waals surface area contributed by atoms with Crippen molar-refractivity contribution in [2.45, 2.75) is 44.2 Å². The monoisotopic (exact) mass is 401 g/mol. The molecule has 0 aromatic carbocycles. The SMILES string of the molecule is O=C(c1cn(CC2CCCNC2)nn1)N1CCC2(CC1)OCCc1ccsc12. The number of hydrogen-bond acceptors (Lipinski definition) is 6. The van der Waals surface area contributed by atoms with E-state index in [-0.39, 0.29) is 11.5 Å². The molecule has 0 radical (unpaired) electrons. The molecule has 5 rings (SSSR count). The first-order valence-electron chi connectivity index (χ1n) is 10.3. The van der Waals surface area contributed by atoms with Gasteiger partial charge < -0.3 is 15.0 Å². The largest absolute Gasteiger partial charge is 0.369 e. The zero-order chi connectivity index (χ0) is 19.0. The molecule has 28 heavy (non-hydrogen) atoms. The number of nitrogens with zero attached hydrogens (tertiary/aromatic N) is 4. The first-order valence-corrected chi connectivity index (χ1v) is 11.2. The van der Waals surface area contributed by atoms with Gasteiger partial charge in [-0.05, 0) is 68.1 Å². The quantitative estimate of drug-likeness (QED) is 0.852. The van der Waals surface area contributed by atoms with Gasteiger partial charge in [0, 0.05) is 24.5 Å². The van der Waals surface area contributed by atoms with E-state index < -0.39 is 0 Å². The van der Waals surface area contributed by atoms with Crippen LogP contribution >= 0.6 is 11.3 Å². The van der Waals surface area contributed by atoms with Crippen LogP contribution in [0.25, 0.3) is 0 Å². The summed E-state index contributed by atoms with van der Waals surface area (Å²) < 4.78 is 8.08. The number of piperidine rings is 2. The summed E-state index contributed by atoms with van der Waals surface area (Å²) in [7, 11) is 0. The van der Waals surface area contributed by atoms with Crippen LogP contribution in [0, 0.1) is 5.92 Å². The van der Waals surface area contributed by atoms with Gasteiger partial charge in [-0.25, -0.2) is 0 Å². The molecule has 5 heterocycles. The summed E-state index contributed by atoms with van der Waals surface area (Å²) in [5.41, 5.74) is 1.70. The van der Waals surface area contributed by atoms with E-state index in [4.69, 9.17) is 4.74 Å². The Balaban J connectivity index is 1.22. The van der Waals surface area contributed by atoms with Crippen molar-refractivity contribution in [3.8, 4) is 0 Å². The molecule has 8 heteroatoms. The summed E-state index contributed by atoms with van der Waals surface area (Å²) in [6.07, 6.45) is 6.94. The molecule has 2 fully saturated rings. The molecule has 1 amide bonds. The second-order valence-corrected chi connectivity index (χ2v) is 9.11. The highest BCUT2D eigenvalue weighted by molar-refractivity contribution is 7.10. The van der Waals surface area contributed by atoms with Crippen LogP contribution in [-0.2, 0) is 23.3 Å². The van der Waals surface area contributed by atoms with Crippen LogP contribution in [0.15, 0.2) is 17.6 Å². The normalized spacial score (nSPS) is 24.3. The number of fused-ring (bicyclic) bond motifs is 2. The molecule has 2 aromatic rings. The number of carbonyl (C=O) groups is 1. The van der Waals surface area contributed by atoms with Gasteiger partial charge in [0.15, 0.2) is 5.69 Å². The maximum Gasteiger partial charge on any atom is 0.276 e. The number of aromatic nitrogens is 3. The molecule has 2 saturated heterocycles. The predicted octanol–water partition coefficient (Wildman–Crippen LogP) is 2.04. The van der Waals surface area contributed by atoms with E-state index in [1.165, 1.54) is 23.3 Å². The number of hydrogen-bond donors (Lipinski definition) is 1.